The van der Waals surface area contributed by atoms with Crippen LogP contribution in [0.3, 0.4) is 0 Å². The number of rotatable bonds is 7. The van der Waals surface area contributed by atoms with E-state index in [1.165, 1.54) is 48.7 Å². The number of hydrogen-bond acceptors (Lipinski definition) is 7. The van der Waals surface area contributed by atoms with Gasteiger partial charge in [-0.25, -0.2) is 8.99 Å². The van der Waals surface area contributed by atoms with Gasteiger partial charge >= 0.3 is 6.18 Å². The molecule has 8 nitrogen and oxygen atoms in total. The van der Waals surface area contributed by atoms with Crippen LogP contribution < -0.4 is 14.8 Å². The Morgan fingerprint density at radius 2 is 1.91 bits per heavy atom. The van der Waals surface area contributed by atoms with E-state index in [1.807, 2.05) is 0 Å². The van der Waals surface area contributed by atoms with Crippen LogP contribution in [-0.4, -0.2) is 33.2 Å². The van der Waals surface area contributed by atoms with Crippen LogP contribution in [0, 0.1) is 11.7 Å². The molecule has 3 rings (SSSR count). The maximum atomic E-state index is 13.5. The Kier molecular flexibility index (Phi) is 7.56. The van der Waals surface area contributed by atoms with Crippen molar-refractivity contribution in [3.63, 3.8) is 0 Å². The number of nitrogens with zero attached hydrogens (tertiary/aromatic N) is 2. The van der Waals surface area contributed by atoms with Crippen LogP contribution in [0.15, 0.2) is 47.4 Å². The third-order valence-corrected chi connectivity index (χ3v) is 6.10. The van der Waals surface area contributed by atoms with Gasteiger partial charge in [0.25, 0.3) is 11.8 Å². The van der Waals surface area contributed by atoms with Crippen LogP contribution in [0.25, 0.3) is 0 Å². The average Bonchev–Trinajstić information content (AvgIpc) is 2.75. The lowest BCUT2D eigenvalue weighted by atomic mass is 10.1. The standard InChI is InChI=1S/C22H20ClF3N4O4S/c1-4-33-17-11-14(8-9-16(17)23)34-21-18(12(2)19(29-30-21)22(24,25)26)20(31)28-13-6-5-7-15(10-13)35(3,27)32/h5-11,27H,4H2,1-3H3,(H,28,31). The number of hydrogen-bond donors (Lipinski definition) is 2. The Labute approximate surface area is 204 Å². The number of ether oxygens (including phenoxy) is 2. The summed E-state index contributed by atoms with van der Waals surface area (Å²) in [6.45, 7) is 3.12. The van der Waals surface area contributed by atoms with Crippen molar-refractivity contribution < 1.29 is 31.6 Å². The summed E-state index contributed by atoms with van der Waals surface area (Å²) in [5.74, 6) is -1.08. The number of halogens is 4. The second-order valence-electron chi connectivity index (χ2n) is 7.30. The van der Waals surface area contributed by atoms with Crippen LogP contribution in [0.4, 0.5) is 18.9 Å². The number of alkyl halides is 3. The number of benzene rings is 2. The zero-order chi connectivity index (χ0) is 26.0. The highest BCUT2D eigenvalue weighted by Crippen LogP contribution is 2.36. The highest BCUT2D eigenvalue weighted by molar-refractivity contribution is 7.91. The van der Waals surface area contributed by atoms with Crippen LogP contribution >= 0.6 is 11.6 Å². The predicted molar refractivity (Wildman–Crippen MR) is 124 cm³/mol. The summed E-state index contributed by atoms with van der Waals surface area (Å²) in [6.07, 6.45) is -3.67. The number of anilines is 1. The molecule has 0 radical (unpaired) electrons. The SMILES string of the molecule is CCOc1cc(Oc2nnc(C(F)(F)F)c(C)c2C(=O)Nc2cccc(S(C)(=N)=O)c2)ccc1Cl. The monoisotopic (exact) mass is 528 g/mol. The van der Waals surface area contributed by atoms with Gasteiger partial charge in [0, 0.05) is 22.9 Å². The van der Waals surface area contributed by atoms with Crippen molar-refractivity contribution in [2.45, 2.75) is 24.9 Å². The van der Waals surface area contributed by atoms with Crippen LogP contribution in [0.2, 0.25) is 5.02 Å². The molecule has 186 valence electrons. The van der Waals surface area contributed by atoms with Gasteiger partial charge in [-0.15, -0.1) is 10.2 Å². The van der Waals surface area contributed by atoms with Gasteiger partial charge in [-0.05, 0) is 49.7 Å². The molecule has 1 unspecified atom stereocenters. The first-order chi connectivity index (χ1) is 16.3. The van der Waals surface area contributed by atoms with Gasteiger partial charge in [-0.2, -0.15) is 13.2 Å². The van der Waals surface area contributed by atoms with Crippen LogP contribution in [0.5, 0.6) is 17.4 Å². The summed E-state index contributed by atoms with van der Waals surface area (Å²) < 4.78 is 71.2. The molecule has 13 heteroatoms. The smallest absolute Gasteiger partial charge is 0.435 e. The minimum absolute atomic E-state index is 0.0993. The molecule has 1 amide bonds. The molecule has 0 saturated heterocycles. The predicted octanol–water partition coefficient (Wildman–Crippen LogP) is 5.94. The fourth-order valence-corrected chi connectivity index (χ4v) is 3.90. The molecule has 0 spiro atoms. The summed E-state index contributed by atoms with van der Waals surface area (Å²) >= 11 is 6.06. The van der Waals surface area contributed by atoms with Gasteiger partial charge in [-0.3, -0.25) is 4.79 Å². The molecule has 0 bridgehead atoms. The van der Waals surface area contributed by atoms with Gasteiger partial charge in [0.05, 0.1) is 21.4 Å². The van der Waals surface area contributed by atoms with E-state index in [0.717, 1.165) is 6.92 Å². The number of nitrogens with one attached hydrogen (secondary N) is 2. The van der Waals surface area contributed by atoms with Crippen molar-refractivity contribution in [2.24, 2.45) is 0 Å². The Balaban J connectivity index is 2.06. The zero-order valence-corrected chi connectivity index (χ0v) is 20.3. The van der Waals surface area contributed by atoms with Crippen LogP contribution in [0.1, 0.15) is 28.5 Å². The van der Waals surface area contributed by atoms with Gasteiger partial charge in [0.2, 0.25) is 0 Å². The molecule has 0 aliphatic carbocycles. The molecule has 1 heterocycles. The molecule has 0 fully saturated rings. The van der Waals surface area contributed by atoms with Crippen molar-refractivity contribution in [3.05, 3.63) is 64.3 Å². The van der Waals surface area contributed by atoms with Crippen LogP contribution in [-0.2, 0) is 15.9 Å². The number of carbonyl (C=O) groups excluding carboxylic acids is 1. The third kappa shape index (κ3) is 6.20. The molecule has 2 N–H and O–H groups in total. The summed E-state index contributed by atoms with van der Waals surface area (Å²) in [7, 11) is -3.09. The Hall–Kier alpha value is -3.38. The first kappa shape index (κ1) is 26.2. The third-order valence-electron chi connectivity index (χ3n) is 4.64. The number of amides is 1. The van der Waals surface area contributed by atoms with Crippen molar-refractivity contribution in [1.29, 1.82) is 4.78 Å². The molecule has 0 aliphatic heterocycles. The Morgan fingerprint density at radius 3 is 2.54 bits per heavy atom. The normalized spacial score (nSPS) is 13.1. The van der Waals surface area contributed by atoms with E-state index in [4.69, 9.17) is 25.9 Å². The van der Waals surface area contributed by atoms with Crippen molar-refractivity contribution in [2.75, 3.05) is 18.2 Å². The van der Waals surface area contributed by atoms with Gasteiger partial charge in [0.1, 0.15) is 17.1 Å². The summed E-state index contributed by atoms with van der Waals surface area (Å²) in [5.41, 5.74) is -2.24. The van der Waals surface area contributed by atoms with E-state index >= 15 is 0 Å². The molecule has 3 aromatic rings. The number of carbonyl (C=O) groups is 1. The van der Waals surface area contributed by atoms with Crippen molar-refractivity contribution in [1.82, 2.24) is 10.2 Å². The molecule has 1 atom stereocenters. The van der Waals surface area contributed by atoms with E-state index < -0.39 is 44.5 Å². The summed E-state index contributed by atoms with van der Waals surface area (Å²) in [4.78, 5) is 13.3. The lowest BCUT2D eigenvalue weighted by Gasteiger charge is -2.16. The second-order valence-corrected chi connectivity index (χ2v) is 9.87. The van der Waals surface area contributed by atoms with E-state index in [-0.39, 0.29) is 27.1 Å². The molecule has 0 saturated carbocycles. The second kappa shape index (κ2) is 10.1. The fourth-order valence-electron chi connectivity index (χ4n) is 3.04. The molecular weight excluding hydrogens is 509 g/mol. The maximum Gasteiger partial charge on any atom is 0.435 e. The highest BCUT2D eigenvalue weighted by atomic mass is 35.5. The minimum Gasteiger partial charge on any atom is -0.492 e. The molecule has 0 aliphatic rings. The minimum atomic E-state index is -4.87. The maximum absolute atomic E-state index is 13.5. The first-order valence-electron chi connectivity index (χ1n) is 10.0. The number of aromatic nitrogens is 2. The Bertz CT molecular complexity index is 1380. The lowest BCUT2D eigenvalue weighted by Crippen LogP contribution is -2.21. The van der Waals surface area contributed by atoms with Crippen molar-refractivity contribution in [3.8, 4) is 17.4 Å². The van der Waals surface area contributed by atoms with Gasteiger partial charge in [-0.1, -0.05) is 17.7 Å². The largest absolute Gasteiger partial charge is 0.492 e. The topological polar surface area (TPSA) is 114 Å². The average molecular weight is 529 g/mol. The van der Waals surface area contributed by atoms with Gasteiger partial charge in [0.15, 0.2) is 5.69 Å². The fraction of sp³-hybridized carbons (Fsp3) is 0.227. The quantitative estimate of drug-likeness (QED) is 0.392. The molecular formula is C22H20ClF3N4O4S. The van der Waals surface area contributed by atoms with E-state index in [9.17, 15) is 22.2 Å². The zero-order valence-electron chi connectivity index (χ0n) is 18.7. The summed E-state index contributed by atoms with van der Waals surface area (Å²) in [5, 5.41) is 9.47. The van der Waals surface area contributed by atoms with E-state index in [0.29, 0.717) is 6.61 Å². The first-order valence-corrected chi connectivity index (χ1v) is 12.4. The lowest BCUT2D eigenvalue weighted by molar-refractivity contribution is -0.142. The van der Waals surface area contributed by atoms with Gasteiger partial charge < -0.3 is 14.8 Å². The van der Waals surface area contributed by atoms with E-state index in [2.05, 4.69) is 15.5 Å². The van der Waals surface area contributed by atoms with Crippen molar-refractivity contribution >= 4 is 32.9 Å². The highest BCUT2D eigenvalue weighted by Gasteiger charge is 2.38. The molecule has 1 aromatic heterocycles. The Morgan fingerprint density at radius 1 is 1.20 bits per heavy atom. The molecule has 2 aromatic carbocycles. The summed E-state index contributed by atoms with van der Waals surface area (Å²) in [6, 6.07) is 9.93. The van der Waals surface area contributed by atoms with E-state index in [1.54, 1.807) is 6.92 Å². The molecule has 35 heavy (non-hydrogen) atoms.